The van der Waals surface area contributed by atoms with Crippen molar-refractivity contribution in [2.45, 2.75) is 43.5 Å². The summed E-state index contributed by atoms with van der Waals surface area (Å²) in [6.45, 7) is 2.01. The molecule has 0 radical (unpaired) electrons. The Labute approximate surface area is 118 Å². The minimum Gasteiger partial charge on any atom is -0.395 e. The first-order valence-corrected chi connectivity index (χ1v) is 8.07. The van der Waals surface area contributed by atoms with Crippen molar-refractivity contribution in [3.8, 4) is 0 Å². The standard InChI is InChI=1S/C14H22N2O2S/c1-10(13(9-17)19-2)15-14(18)12-7-4-8-16(12)11-5-3-6-11/h4,7-8,10-11,13,17H,3,5-6,9H2,1-2H3,(H,15,18). The molecular formula is C14H22N2O2S. The van der Waals surface area contributed by atoms with E-state index in [1.165, 1.54) is 6.42 Å². The van der Waals surface area contributed by atoms with E-state index in [0.717, 1.165) is 18.5 Å². The number of amides is 1. The predicted octanol–water partition coefficient (Wildman–Crippen LogP) is 2.06. The molecule has 0 aliphatic heterocycles. The number of nitrogens with zero attached hydrogens (tertiary/aromatic N) is 1. The molecule has 0 spiro atoms. The van der Waals surface area contributed by atoms with Crippen LogP contribution in [-0.2, 0) is 0 Å². The van der Waals surface area contributed by atoms with Crippen LogP contribution in [0.3, 0.4) is 0 Å². The molecule has 1 amide bonds. The van der Waals surface area contributed by atoms with Gasteiger partial charge < -0.3 is 15.0 Å². The zero-order valence-electron chi connectivity index (χ0n) is 11.5. The number of carbonyl (C=O) groups is 1. The Morgan fingerprint density at radius 1 is 1.63 bits per heavy atom. The maximum Gasteiger partial charge on any atom is 0.268 e. The van der Waals surface area contributed by atoms with E-state index >= 15 is 0 Å². The fourth-order valence-electron chi connectivity index (χ4n) is 2.38. The van der Waals surface area contributed by atoms with Gasteiger partial charge in [0.1, 0.15) is 5.69 Å². The molecule has 2 atom stereocenters. The van der Waals surface area contributed by atoms with E-state index in [-0.39, 0.29) is 23.8 Å². The summed E-state index contributed by atoms with van der Waals surface area (Å²) in [5.74, 6) is -0.0445. The van der Waals surface area contributed by atoms with Gasteiger partial charge in [-0.05, 0) is 44.6 Å². The molecule has 1 aliphatic rings. The van der Waals surface area contributed by atoms with Gasteiger partial charge in [0.15, 0.2) is 0 Å². The molecule has 0 bridgehead atoms. The van der Waals surface area contributed by atoms with Crippen molar-refractivity contribution in [3.05, 3.63) is 24.0 Å². The fraction of sp³-hybridized carbons (Fsp3) is 0.643. The van der Waals surface area contributed by atoms with Gasteiger partial charge in [0.05, 0.1) is 6.61 Å². The average Bonchev–Trinajstić information content (AvgIpc) is 2.77. The second-order valence-corrected chi connectivity index (χ2v) is 6.18. The summed E-state index contributed by atoms with van der Waals surface area (Å²) in [4.78, 5) is 12.3. The highest BCUT2D eigenvalue weighted by molar-refractivity contribution is 7.99. The molecule has 5 heteroatoms. The fourth-order valence-corrected chi connectivity index (χ4v) is 3.01. The molecule has 0 aromatic carbocycles. The van der Waals surface area contributed by atoms with Gasteiger partial charge in [0.25, 0.3) is 5.91 Å². The molecule has 1 fully saturated rings. The second kappa shape index (κ2) is 6.48. The summed E-state index contributed by atoms with van der Waals surface area (Å²) >= 11 is 1.57. The summed E-state index contributed by atoms with van der Waals surface area (Å²) in [6, 6.07) is 4.24. The van der Waals surface area contributed by atoms with Crippen LogP contribution in [0.1, 0.15) is 42.7 Å². The molecular weight excluding hydrogens is 260 g/mol. The Morgan fingerprint density at radius 2 is 2.37 bits per heavy atom. The van der Waals surface area contributed by atoms with Crippen LogP contribution < -0.4 is 5.32 Å². The quantitative estimate of drug-likeness (QED) is 0.839. The number of aromatic nitrogens is 1. The molecule has 4 nitrogen and oxygen atoms in total. The van der Waals surface area contributed by atoms with Gasteiger partial charge in [-0.3, -0.25) is 4.79 Å². The van der Waals surface area contributed by atoms with Gasteiger partial charge in [-0.15, -0.1) is 0 Å². The molecule has 2 N–H and O–H groups in total. The molecule has 1 aliphatic carbocycles. The normalized spacial score (nSPS) is 18.7. The highest BCUT2D eigenvalue weighted by atomic mass is 32.2. The van der Waals surface area contributed by atoms with Crippen molar-refractivity contribution in [2.75, 3.05) is 12.9 Å². The highest BCUT2D eigenvalue weighted by Crippen LogP contribution is 2.32. The lowest BCUT2D eigenvalue weighted by Crippen LogP contribution is -2.42. The van der Waals surface area contributed by atoms with Crippen molar-refractivity contribution in [2.24, 2.45) is 0 Å². The molecule has 1 saturated carbocycles. The third-order valence-electron chi connectivity index (χ3n) is 3.88. The SMILES string of the molecule is CSC(CO)C(C)NC(=O)c1cccn1C1CCC1. The van der Waals surface area contributed by atoms with Crippen LogP contribution in [0, 0.1) is 0 Å². The monoisotopic (exact) mass is 282 g/mol. The molecule has 1 aromatic heterocycles. The first kappa shape index (κ1) is 14.5. The average molecular weight is 282 g/mol. The maximum absolute atomic E-state index is 12.3. The summed E-state index contributed by atoms with van der Waals surface area (Å²) < 4.78 is 2.08. The number of aliphatic hydroxyl groups is 1. The predicted molar refractivity (Wildman–Crippen MR) is 78.6 cm³/mol. The Balaban J connectivity index is 2.01. The summed E-state index contributed by atoms with van der Waals surface area (Å²) in [7, 11) is 0. The van der Waals surface area contributed by atoms with E-state index in [4.69, 9.17) is 0 Å². The van der Waals surface area contributed by atoms with E-state index in [1.54, 1.807) is 11.8 Å². The van der Waals surface area contributed by atoms with E-state index in [9.17, 15) is 9.90 Å². The Bertz CT molecular complexity index is 425. The largest absolute Gasteiger partial charge is 0.395 e. The maximum atomic E-state index is 12.3. The van der Waals surface area contributed by atoms with Gasteiger partial charge >= 0.3 is 0 Å². The number of carbonyl (C=O) groups excluding carboxylic acids is 1. The van der Waals surface area contributed by atoms with Crippen molar-refractivity contribution in [1.29, 1.82) is 0 Å². The third kappa shape index (κ3) is 3.15. The van der Waals surface area contributed by atoms with Crippen molar-refractivity contribution < 1.29 is 9.90 Å². The first-order valence-electron chi connectivity index (χ1n) is 6.78. The number of thioether (sulfide) groups is 1. The summed E-state index contributed by atoms with van der Waals surface area (Å²) in [5, 5.41) is 12.3. The number of aliphatic hydroxyl groups excluding tert-OH is 1. The van der Waals surface area contributed by atoms with Gasteiger partial charge in [0.2, 0.25) is 0 Å². The van der Waals surface area contributed by atoms with Gasteiger partial charge in [-0.1, -0.05) is 0 Å². The summed E-state index contributed by atoms with van der Waals surface area (Å²) in [5.41, 5.74) is 0.731. The number of hydrogen-bond donors (Lipinski definition) is 2. The van der Waals surface area contributed by atoms with Crippen LogP contribution in [0.2, 0.25) is 0 Å². The Kier molecular flexibility index (Phi) is 4.93. The number of nitrogens with one attached hydrogen (secondary N) is 1. The van der Waals surface area contributed by atoms with Crippen LogP contribution in [0.5, 0.6) is 0 Å². The van der Waals surface area contributed by atoms with E-state index in [1.807, 2.05) is 31.5 Å². The van der Waals surface area contributed by atoms with E-state index < -0.39 is 0 Å². The minimum absolute atomic E-state index is 0.0380. The van der Waals surface area contributed by atoms with Crippen molar-refractivity contribution in [3.63, 3.8) is 0 Å². The lowest BCUT2D eigenvalue weighted by atomic mass is 9.93. The topological polar surface area (TPSA) is 54.3 Å². The van der Waals surface area contributed by atoms with Crippen LogP contribution in [-0.4, -0.2) is 39.7 Å². The van der Waals surface area contributed by atoms with Crippen LogP contribution in [0.15, 0.2) is 18.3 Å². The van der Waals surface area contributed by atoms with E-state index in [0.29, 0.717) is 6.04 Å². The van der Waals surface area contributed by atoms with Gasteiger partial charge in [-0.25, -0.2) is 0 Å². The number of rotatable bonds is 6. The molecule has 2 rings (SSSR count). The molecule has 2 unspecified atom stereocenters. The highest BCUT2D eigenvalue weighted by Gasteiger charge is 2.25. The Morgan fingerprint density at radius 3 is 2.89 bits per heavy atom. The summed E-state index contributed by atoms with van der Waals surface area (Å²) in [6.07, 6.45) is 7.50. The zero-order valence-corrected chi connectivity index (χ0v) is 12.3. The minimum atomic E-state index is -0.0445. The van der Waals surface area contributed by atoms with Gasteiger partial charge in [0, 0.05) is 23.5 Å². The third-order valence-corrected chi connectivity index (χ3v) is 5.04. The zero-order chi connectivity index (χ0) is 13.8. The molecule has 19 heavy (non-hydrogen) atoms. The molecule has 106 valence electrons. The smallest absolute Gasteiger partial charge is 0.268 e. The van der Waals surface area contributed by atoms with Crippen molar-refractivity contribution >= 4 is 17.7 Å². The van der Waals surface area contributed by atoms with E-state index in [2.05, 4.69) is 9.88 Å². The second-order valence-electron chi connectivity index (χ2n) is 5.10. The molecule has 0 saturated heterocycles. The van der Waals surface area contributed by atoms with Crippen molar-refractivity contribution in [1.82, 2.24) is 9.88 Å². The first-order chi connectivity index (χ1) is 9.17. The van der Waals surface area contributed by atoms with Crippen LogP contribution >= 0.6 is 11.8 Å². The lowest BCUT2D eigenvalue weighted by Gasteiger charge is -2.29. The van der Waals surface area contributed by atoms with Gasteiger partial charge in [-0.2, -0.15) is 11.8 Å². The number of hydrogen-bond acceptors (Lipinski definition) is 3. The Hall–Kier alpha value is -0.940. The lowest BCUT2D eigenvalue weighted by molar-refractivity contribution is 0.0920. The van der Waals surface area contributed by atoms with Crippen LogP contribution in [0.25, 0.3) is 0 Å². The van der Waals surface area contributed by atoms with Crippen LogP contribution in [0.4, 0.5) is 0 Å². The molecule has 1 heterocycles. The molecule has 1 aromatic rings.